The number of nitrogens with zero attached hydrogens (tertiary/aromatic N) is 3. The molecule has 0 radical (unpaired) electrons. The Hall–Kier alpha value is -2.49. The van der Waals surface area contributed by atoms with Gasteiger partial charge in [-0.1, -0.05) is 32.9 Å². The van der Waals surface area contributed by atoms with Crippen molar-refractivity contribution in [2.75, 3.05) is 33.3 Å². The third-order valence-corrected chi connectivity index (χ3v) is 9.38. The lowest BCUT2D eigenvalue weighted by molar-refractivity contribution is -0.142. The summed E-state index contributed by atoms with van der Waals surface area (Å²) in [5.41, 5.74) is 4.78. The molecule has 0 saturated carbocycles. The Morgan fingerprint density at radius 3 is 2.64 bits per heavy atom. The van der Waals surface area contributed by atoms with Crippen LogP contribution in [-0.2, 0) is 16.1 Å². The third kappa shape index (κ3) is 7.38. The van der Waals surface area contributed by atoms with Crippen molar-refractivity contribution in [3.05, 3.63) is 35.0 Å². The molecule has 2 fully saturated rings. The molecule has 2 saturated heterocycles. The first kappa shape index (κ1) is 29.5. The molecule has 214 valence electrons. The van der Waals surface area contributed by atoms with Gasteiger partial charge in [-0.25, -0.2) is 4.98 Å². The van der Waals surface area contributed by atoms with Gasteiger partial charge >= 0.3 is 0 Å². The van der Waals surface area contributed by atoms with E-state index in [1.165, 1.54) is 12.8 Å². The van der Waals surface area contributed by atoms with Crippen molar-refractivity contribution >= 4 is 23.2 Å². The number of piperidine rings is 1. The van der Waals surface area contributed by atoms with Crippen LogP contribution in [0.4, 0.5) is 0 Å². The Balaban J connectivity index is 1.45. The van der Waals surface area contributed by atoms with Crippen molar-refractivity contribution in [2.45, 2.75) is 72.1 Å². The van der Waals surface area contributed by atoms with Crippen LogP contribution in [0.25, 0.3) is 10.4 Å². The monoisotopic (exact) mass is 556 g/mol. The van der Waals surface area contributed by atoms with Gasteiger partial charge in [0.25, 0.3) is 0 Å². The first-order valence-corrected chi connectivity index (χ1v) is 15.1. The standard InChI is InChI=1S/C30H44N4O4S/c1-19(2)20(3)30(37)34-17-25(35)15-26(34)29(36)31-16-24-7-6-23(28-21(4)32-18-39-28)14-27(24)38-13-10-22-8-11-33(5)12-9-22/h6-7,14,18-20,22,25-26,35H,8-13,15-17H2,1-5H3,(H,31,36). The van der Waals surface area contributed by atoms with Gasteiger partial charge in [-0.15, -0.1) is 11.3 Å². The number of hydrogen-bond acceptors (Lipinski definition) is 7. The van der Waals surface area contributed by atoms with E-state index in [0.29, 0.717) is 19.1 Å². The SMILES string of the molecule is Cc1ncsc1-c1ccc(CNC(=O)C2CC(O)CN2C(=O)C(C)C(C)C)c(OCCC2CCN(C)CC2)c1. The highest BCUT2D eigenvalue weighted by atomic mass is 32.1. The quantitative estimate of drug-likeness (QED) is 0.458. The molecule has 9 heteroatoms. The Bertz CT molecular complexity index is 1130. The maximum atomic E-state index is 13.3. The maximum absolute atomic E-state index is 13.3. The fourth-order valence-electron chi connectivity index (χ4n) is 5.39. The Morgan fingerprint density at radius 2 is 1.97 bits per heavy atom. The van der Waals surface area contributed by atoms with Crippen LogP contribution in [-0.4, -0.2) is 77.1 Å². The second kappa shape index (κ2) is 13.2. The molecule has 39 heavy (non-hydrogen) atoms. The van der Waals surface area contributed by atoms with E-state index in [2.05, 4.69) is 28.3 Å². The lowest BCUT2D eigenvalue weighted by Gasteiger charge is -2.29. The van der Waals surface area contributed by atoms with E-state index in [1.807, 2.05) is 45.3 Å². The van der Waals surface area contributed by atoms with Crippen molar-refractivity contribution in [3.63, 3.8) is 0 Å². The molecular formula is C30H44N4O4S. The van der Waals surface area contributed by atoms with Crippen molar-refractivity contribution in [1.82, 2.24) is 20.1 Å². The van der Waals surface area contributed by atoms with Gasteiger partial charge in [0.1, 0.15) is 11.8 Å². The average Bonchev–Trinajstić information content (AvgIpc) is 3.53. The summed E-state index contributed by atoms with van der Waals surface area (Å²) in [5.74, 6) is 1.06. The zero-order valence-corrected chi connectivity index (χ0v) is 24.8. The molecule has 3 atom stereocenters. The second-order valence-corrected chi connectivity index (χ2v) is 12.5. The highest BCUT2D eigenvalue weighted by Crippen LogP contribution is 2.33. The number of likely N-dealkylation sites (tertiary alicyclic amines) is 2. The van der Waals surface area contributed by atoms with E-state index in [4.69, 9.17) is 4.74 Å². The van der Waals surface area contributed by atoms with Gasteiger partial charge in [-0.3, -0.25) is 9.59 Å². The van der Waals surface area contributed by atoms with Crippen LogP contribution in [0.2, 0.25) is 0 Å². The van der Waals surface area contributed by atoms with E-state index in [-0.39, 0.29) is 36.6 Å². The number of aliphatic hydroxyl groups excluding tert-OH is 1. The average molecular weight is 557 g/mol. The van der Waals surface area contributed by atoms with Gasteiger partial charge in [0.2, 0.25) is 11.8 Å². The zero-order chi connectivity index (χ0) is 28.1. The molecule has 2 aromatic rings. The van der Waals surface area contributed by atoms with E-state index in [1.54, 1.807) is 16.2 Å². The number of aliphatic hydroxyl groups is 1. The summed E-state index contributed by atoms with van der Waals surface area (Å²) in [7, 11) is 2.17. The molecule has 3 heterocycles. The molecule has 0 aliphatic carbocycles. The van der Waals surface area contributed by atoms with Gasteiger partial charge < -0.3 is 25.0 Å². The minimum Gasteiger partial charge on any atom is -0.493 e. The van der Waals surface area contributed by atoms with Crippen LogP contribution < -0.4 is 10.1 Å². The van der Waals surface area contributed by atoms with Crippen molar-refractivity contribution in [3.8, 4) is 16.2 Å². The number of thiazole rings is 1. The number of rotatable bonds is 10. The summed E-state index contributed by atoms with van der Waals surface area (Å²) >= 11 is 1.60. The Kier molecular flexibility index (Phi) is 10.0. The number of ether oxygens (including phenoxy) is 1. The molecule has 4 rings (SSSR count). The molecule has 2 aliphatic heterocycles. The minimum atomic E-state index is -0.690. The predicted molar refractivity (Wildman–Crippen MR) is 155 cm³/mol. The molecule has 1 aromatic heterocycles. The summed E-state index contributed by atoms with van der Waals surface area (Å²) in [6, 6.07) is 5.44. The molecule has 3 unspecified atom stereocenters. The number of carbonyl (C=O) groups excluding carboxylic acids is 2. The molecule has 1 aromatic carbocycles. The fraction of sp³-hybridized carbons (Fsp3) is 0.633. The lowest BCUT2D eigenvalue weighted by atomic mass is 9.94. The van der Waals surface area contributed by atoms with Crippen LogP contribution >= 0.6 is 11.3 Å². The van der Waals surface area contributed by atoms with Crippen molar-refractivity contribution in [2.24, 2.45) is 17.8 Å². The minimum absolute atomic E-state index is 0.0797. The van der Waals surface area contributed by atoms with Crippen molar-refractivity contribution < 1.29 is 19.4 Å². The van der Waals surface area contributed by atoms with Gasteiger partial charge in [0.05, 0.1) is 28.8 Å². The van der Waals surface area contributed by atoms with Gasteiger partial charge in [0.15, 0.2) is 0 Å². The second-order valence-electron chi connectivity index (χ2n) is 11.6. The van der Waals surface area contributed by atoms with Crippen LogP contribution in [0, 0.1) is 24.7 Å². The Labute approximate surface area is 236 Å². The summed E-state index contributed by atoms with van der Waals surface area (Å²) in [6.07, 6.45) is 2.96. The smallest absolute Gasteiger partial charge is 0.243 e. The van der Waals surface area contributed by atoms with Crippen LogP contribution in [0.15, 0.2) is 23.7 Å². The normalized spacial score (nSPS) is 21.4. The molecule has 2 N–H and O–H groups in total. The summed E-state index contributed by atoms with van der Waals surface area (Å²) < 4.78 is 6.35. The fourth-order valence-corrected chi connectivity index (χ4v) is 6.20. The van der Waals surface area contributed by atoms with Gasteiger partial charge in [-0.05, 0) is 69.8 Å². The van der Waals surface area contributed by atoms with E-state index >= 15 is 0 Å². The molecule has 2 aliphatic rings. The number of aromatic nitrogens is 1. The summed E-state index contributed by atoms with van der Waals surface area (Å²) in [4.78, 5) is 35.7. The molecule has 0 bridgehead atoms. The first-order valence-electron chi connectivity index (χ1n) is 14.2. The highest BCUT2D eigenvalue weighted by molar-refractivity contribution is 7.13. The van der Waals surface area contributed by atoms with Crippen molar-refractivity contribution in [1.29, 1.82) is 0 Å². The summed E-state index contributed by atoms with van der Waals surface area (Å²) in [5, 5.41) is 13.3. The predicted octanol–water partition coefficient (Wildman–Crippen LogP) is 4.10. The van der Waals surface area contributed by atoms with Crippen LogP contribution in [0.3, 0.4) is 0 Å². The third-order valence-electron chi connectivity index (χ3n) is 8.40. The lowest BCUT2D eigenvalue weighted by Crippen LogP contribution is -2.48. The number of β-amino-alcohol motifs (C(OH)–C–C–N with tert-alkyl or cyclic N) is 1. The number of nitrogens with one attached hydrogen (secondary N) is 1. The highest BCUT2D eigenvalue weighted by Gasteiger charge is 2.40. The van der Waals surface area contributed by atoms with Crippen LogP contribution in [0.1, 0.15) is 57.7 Å². The molecule has 2 amide bonds. The van der Waals surface area contributed by atoms with E-state index in [0.717, 1.165) is 47.0 Å². The number of carbonyl (C=O) groups is 2. The number of hydrogen-bond donors (Lipinski definition) is 2. The zero-order valence-electron chi connectivity index (χ0n) is 24.0. The molecule has 0 spiro atoms. The number of benzene rings is 1. The molecule has 8 nitrogen and oxygen atoms in total. The largest absolute Gasteiger partial charge is 0.493 e. The van der Waals surface area contributed by atoms with E-state index in [9.17, 15) is 14.7 Å². The number of aryl methyl sites for hydroxylation is 1. The maximum Gasteiger partial charge on any atom is 0.243 e. The first-order chi connectivity index (χ1) is 18.6. The van der Waals surface area contributed by atoms with Crippen LogP contribution in [0.5, 0.6) is 5.75 Å². The molecular weight excluding hydrogens is 512 g/mol. The topological polar surface area (TPSA) is 95.0 Å². The summed E-state index contributed by atoms with van der Waals surface area (Å²) in [6.45, 7) is 11.3. The van der Waals surface area contributed by atoms with E-state index < -0.39 is 12.1 Å². The number of amides is 2. The van der Waals surface area contributed by atoms with Gasteiger partial charge in [-0.2, -0.15) is 0 Å². The van der Waals surface area contributed by atoms with Gasteiger partial charge in [0, 0.05) is 31.0 Å². The Morgan fingerprint density at radius 1 is 1.23 bits per heavy atom.